The lowest BCUT2D eigenvalue weighted by Crippen LogP contribution is -2.36. The number of aromatic nitrogens is 2. The standard InChI is InChI=1S/C15H17N3O3/c1-2-3-11(9-14(19)20)18-15(21)10-4-5-12-13(8-10)17-7-6-16-12/h4-8,11H,2-3,9H2,1H3,(H,18,21)(H,19,20). The minimum absolute atomic E-state index is 0.0764. The Morgan fingerprint density at radius 2 is 1.95 bits per heavy atom. The average molecular weight is 287 g/mol. The Bertz CT molecular complexity index is 657. The van der Waals surface area contributed by atoms with Gasteiger partial charge in [-0.3, -0.25) is 19.6 Å². The van der Waals surface area contributed by atoms with Gasteiger partial charge in [0.2, 0.25) is 0 Å². The number of carbonyl (C=O) groups excluding carboxylic acids is 1. The van der Waals surface area contributed by atoms with E-state index < -0.39 is 5.97 Å². The third-order valence-electron chi connectivity index (χ3n) is 3.12. The van der Waals surface area contributed by atoms with Crippen LogP contribution in [0, 0.1) is 0 Å². The molecule has 2 aromatic rings. The van der Waals surface area contributed by atoms with E-state index in [1.54, 1.807) is 30.6 Å². The third kappa shape index (κ3) is 3.98. The van der Waals surface area contributed by atoms with Crippen molar-refractivity contribution in [1.82, 2.24) is 15.3 Å². The number of carbonyl (C=O) groups is 2. The van der Waals surface area contributed by atoms with E-state index in [1.807, 2.05) is 6.92 Å². The highest BCUT2D eigenvalue weighted by molar-refractivity contribution is 5.97. The van der Waals surface area contributed by atoms with Gasteiger partial charge in [-0.2, -0.15) is 0 Å². The number of aliphatic carboxylic acids is 1. The molecule has 0 saturated carbocycles. The number of carboxylic acids is 1. The summed E-state index contributed by atoms with van der Waals surface area (Å²) in [6, 6.07) is 4.68. The van der Waals surface area contributed by atoms with Crippen LogP contribution >= 0.6 is 0 Å². The molecule has 0 spiro atoms. The summed E-state index contributed by atoms with van der Waals surface area (Å²) in [5.74, 6) is -1.21. The van der Waals surface area contributed by atoms with Crippen LogP contribution < -0.4 is 5.32 Å². The molecule has 2 rings (SSSR count). The smallest absolute Gasteiger partial charge is 0.305 e. The number of nitrogens with one attached hydrogen (secondary N) is 1. The van der Waals surface area contributed by atoms with Crippen LogP contribution in [-0.4, -0.2) is 33.0 Å². The number of carboxylic acid groups (broad SMARTS) is 1. The number of hydrogen-bond acceptors (Lipinski definition) is 4. The topological polar surface area (TPSA) is 92.2 Å². The maximum absolute atomic E-state index is 12.2. The molecule has 21 heavy (non-hydrogen) atoms. The predicted octanol–water partition coefficient (Wildman–Crippen LogP) is 2.00. The van der Waals surface area contributed by atoms with Crippen molar-refractivity contribution in [2.75, 3.05) is 0 Å². The van der Waals surface area contributed by atoms with Gasteiger partial charge in [-0.25, -0.2) is 0 Å². The fourth-order valence-electron chi connectivity index (χ4n) is 2.16. The summed E-state index contributed by atoms with van der Waals surface area (Å²) in [4.78, 5) is 31.3. The van der Waals surface area contributed by atoms with E-state index in [0.717, 1.165) is 6.42 Å². The maximum Gasteiger partial charge on any atom is 0.305 e. The van der Waals surface area contributed by atoms with Gasteiger partial charge in [-0.1, -0.05) is 13.3 Å². The normalized spacial score (nSPS) is 12.0. The summed E-state index contributed by atoms with van der Waals surface area (Å²) in [7, 11) is 0. The molecule has 1 aromatic carbocycles. The molecule has 0 bridgehead atoms. The Morgan fingerprint density at radius 3 is 2.62 bits per heavy atom. The van der Waals surface area contributed by atoms with Crippen LogP contribution in [-0.2, 0) is 4.79 Å². The molecule has 2 N–H and O–H groups in total. The Balaban J connectivity index is 2.14. The van der Waals surface area contributed by atoms with Gasteiger partial charge in [0.1, 0.15) is 0 Å². The van der Waals surface area contributed by atoms with Crippen molar-refractivity contribution in [3.05, 3.63) is 36.2 Å². The van der Waals surface area contributed by atoms with Gasteiger partial charge in [-0.05, 0) is 24.6 Å². The van der Waals surface area contributed by atoms with Crippen molar-refractivity contribution in [3.63, 3.8) is 0 Å². The Labute approximate surface area is 122 Å². The van der Waals surface area contributed by atoms with Crippen molar-refractivity contribution < 1.29 is 14.7 Å². The van der Waals surface area contributed by atoms with Crippen LogP contribution in [0.25, 0.3) is 11.0 Å². The lowest BCUT2D eigenvalue weighted by Gasteiger charge is -2.16. The fraction of sp³-hybridized carbons (Fsp3) is 0.333. The van der Waals surface area contributed by atoms with Crippen LogP contribution in [0.2, 0.25) is 0 Å². The summed E-state index contributed by atoms with van der Waals surface area (Å²) in [5.41, 5.74) is 1.80. The number of hydrogen-bond donors (Lipinski definition) is 2. The Kier molecular flexibility index (Phi) is 4.81. The van der Waals surface area contributed by atoms with Gasteiger partial charge in [0.25, 0.3) is 5.91 Å². The minimum Gasteiger partial charge on any atom is -0.481 e. The van der Waals surface area contributed by atoms with Gasteiger partial charge in [0.15, 0.2) is 0 Å². The first kappa shape index (κ1) is 14.9. The zero-order valence-electron chi connectivity index (χ0n) is 11.7. The minimum atomic E-state index is -0.918. The van der Waals surface area contributed by atoms with Crippen LogP contribution in [0.15, 0.2) is 30.6 Å². The van der Waals surface area contributed by atoms with Gasteiger partial charge >= 0.3 is 5.97 Å². The first-order valence-corrected chi connectivity index (χ1v) is 6.83. The van der Waals surface area contributed by atoms with Gasteiger partial charge < -0.3 is 10.4 Å². The summed E-state index contributed by atoms with van der Waals surface area (Å²) in [6.45, 7) is 1.95. The summed E-state index contributed by atoms with van der Waals surface area (Å²) >= 11 is 0. The van der Waals surface area contributed by atoms with Gasteiger partial charge in [0.05, 0.1) is 17.5 Å². The number of rotatable bonds is 6. The number of benzene rings is 1. The fourth-order valence-corrected chi connectivity index (χ4v) is 2.16. The number of nitrogens with zero attached hydrogens (tertiary/aromatic N) is 2. The molecule has 0 saturated heterocycles. The Morgan fingerprint density at radius 1 is 1.24 bits per heavy atom. The molecular weight excluding hydrogens is 270 g/mol. The first-order valence-electron chi connectivity index (χ1n) is 6.83. The van der Waals surface area contributed by atoms with E-state index in [1.165, 1.54) is 0 Å². The molecule has 1 amide bonds. The molecule has 6 heteroatoms. The monoisotopic (exact) mass is 287 g/mol. The van der Waals surface area contributed by atoms with E-state index in [-0.39, 0.29) is 18.4 Å². The second-order valence-electron chi connectivity index (χ2n) is 4.82. The SMILES string of the molecule is CCCC(CC(=O)O)NC(=O)c1ccc2nccnc2c1. The summed E-state index contributed by atoms with van der Waals surface area (Å²) in [5, 5.41) is 11.6. The van der Waals surface area contributed by atoms with E-state index in [9.17, 15) is 9.59 Å². The maximum atomic E-state index is 12.2. The van der Waals surface area contributed by atoms with Crippen LogP contribution in [0.4, 0.5) is 0 Å². The summed E-state index contributed by atoms with van der Waals surface area (Å²) in [6.07, 6.45) is 4.51. The van der Waals surface area contributed by atoms with Crippen molar-refractivity contribution in [3.8, 4) is 0 Å². The molecule has 0 aliphatic rings. The number of fused-ring (bicyclic) bond motifs is 1. The molecular formula is C15H17N3O3. The highest BCUT2D eigenvalue weighted by atomic mass is 16.4. The van der Waals surface area contributed by atoms with Crippen molar-refractivity contribution in [2.45, 2.75) is 32.2 Å². The molecule has 1 unspecified atom stereocenters. The van der Waals surface area contributed by atoms with Gasteiger partial charge in [-0.15, -0.1) is 0 Å². The number of amides is 1. The molecule has 0 radical (unpaired) electrons. The zero-order valence-corrected chi connectivity index (χ0v) is 11.7. The first-order chi connectivity index (χ1) is 10.1. The van der Waals surface area contributed by atoms with E-state index in [4.69, 9.17) is 5.11 Å². The van der Waals surface area contributed by atoms with Gasteiger partial charge in [0, 0.05) is 24.0 Å². The van der Waals surface area contributed by atoms with E-state index >= 15 is 0 Å². The molecule has 1 heterocycles. The second kappa shape index (κ2) is 6.78. The summed E-state index contributed by atoms with van der Waals surface area (Å²) < 4.78 is 0. The molecule has 6 nitrogen and oxygen atoms in total. The molecule has 1 aromatic heterocycles. The van der Waals surface area contributed by atoms with Crippen molar-refractivity contribution >= 4 is 22.9 Å². The lowest BCUT2D eigenvalue weighted by molar-refractivity contribution is -0.137. The molecule has 0 aliphatic heterocycles. The van der Waals surface area contributed by atoms with Crippen LogP contribution in [0.3, 0.4) is 0 Å². The highest BCUT2D eigenvalue weighted by Gasteiger charge is 2.16. The quantitative estimate of drug-likeness (QED) is 0.847. The van der Waals surface area contributed by atoms with Crippen LogP contribution in [0.1, 0.15) is 36.5 Å². The predicted molar refractivity (Wildman–Crippen MR) is 78.0 cm³/mol. The lowest BCUT2D eigenvalue weighted by atomic mass is 10.1. The molecule has 0 aliphatic carbocycles. The molecule has 1 atom stereocenters. The van der Waals surface area contributed by atoms with E-state index in [0.29, 0.717) is 23.0 Å². The molecule has 0 fully saturated rings. The zero-order chi connectivity index (χ0) is 15.2. The average Bonchev–Trinajstić information content (AvgIpc) is 2.46. The van der Waals surface area contributed by atoms with E-state index in [2.05, 4.69) is 15.3 Å². The van der Waals surface area contributed by atoms with Crippen LogP contribution in [0.5, 0.6) is 0 Å². The Hall–Kier alpha value is -2.50. The largest absolute Gasteiger partial charge is 0.481 e. The third-order valence-corrected chi connectivity index (χ3v) is 3.12. The highest BCUT2D eigenvalue weighted by Crippen LogP contribution is 2.12. The molecule has 110 valence electrons. The van der Waals surface area contributed by atoms with Crippen molar-refractivity contribution in [1.29, 1.82) is 0 Å². The second-order valence-corrected chi connectivity index (χ2v) is 4.82. The van der Waals surface area contributed by atoms with Crippen molar-refractivity contribution in [2.24, 2.45) is 0 Å².